The van der Waals surface area contributed by atoms with Gasteiger partial charge in [0, 0.05) is 16.3 Å². The number of aromatic nitrogens is 3. The second-order valence-corrected chi connectivity index (χ2v) is 6.93. The van der Waals surface area contributed by atoms with Crippen molar-refractivity contribution in [2.75, 3.05) is 5.32 Å². The van der Waals surface area contributed by atoms with Gasteiger partial charge in [0.2, 0.25) is 5.82 Å². The van der Waals surface area contributed by atoms with Gasteiger partial charge in [-0.05, 0) is 73.2 Å². The number of benzene rings is 3. The number of rotatable bonds is 4. The third-order valence-corrected chi connectivity index (χ3v) is 4.91. The van der Waals surface area contributed by atoms with Crippen LogP contribution in [0.4, 0.5) is 14.5 Å². The molecule has 8 heteroatoms. The maximum Gasteiger partial charge on any atom is 0.295 e. The Hall–Kier alpha value is -3.58. The third-order valence-electron chi connectivity index (χ3n) is 4.50. The van der Waals surface area contributed by atoms with Crippen molar-refractivity contribution in [1.82, 2.24) is 14.8 Å². The Morgan fingerprint density at radius 3 is 2.27 bits per heavy atom. The van der Waals surface area contributed by atoms with E-state index in [0.717, 1.165) is 0 Å². The fraction of sp³-hybridized carbons (Fsp3) is 0.0455. The van der Waals surface area contributed by atoms with Crippen LogP contribution in [0.3, 0.4) is 0 Å². The summed E-state index contributed by atoms with van der Waals surface area (Å²) in [5, 5.41) is 7.57. The minimum absolute atomic E-state index is 0.0991. The highest BCUT2D eigenvalue weighted by Crippen LogP contribution is 2.25. The van der Waals surface area contributed by atoms with Crippen LogP contribution in [0.2, 0.25) is 5.02 Å². The summed E-state index contributed by atoms with van der Waals surface area (Å²) in [6.07, 6.45) is 0. The van der Waals surface area contributed by atoms with Crippen LogP contribution in [0.1, 0.15) is 16.2 Å². The van der Waals surface area contributed by atoms with Crippen LogP contribution in [0, 0.1) is 18.6 Å². The predicted octanol–water partition coefficient (Wildman–Crippen LogP) is 5.43. The molecule has 4 rings (SSSR count). The summed E-state index contributed by atoms with van der Waals surface area (Å²) in [6, 6.07) is 16.4. The molecule has 5 nitrogen and oxygen atoms in total. The lowest BCUT2D eigenvalue weighted by Gasteiger charge is -2.07. The summed E-state index contributed by atoms with van der Waals surface area (Å²) in [4.78, 5) is 17.1. The average Bonchev–Trinajstić information content (AvgIpc) is 3.18. The van der Waals surface area contributed by atoms with Gasteiger partial charge in [0.05, 0.1) is 5.69 Å². The number of amides is 1. The molecule has 1 heterocycles. The molecule has 0 aliphatic carbocycles. The molecular formula is C22H15ClF2N4O. The molecule has 1 aromatic heterocycles. The third kappa shape index (κ3) is 3.92. The monoisotopic (exact) mass is 424 g/mol. The first-order valence-electron chi connectivity index (χ1n) is 8.98. The lowest BCUT2D eigenvalue weighted by molar-refractivity contribution is 0.101. The molecule has 150 valence electrons. The van der Waals surface area contributed by atoms with Crippen LogP contribution in [-0.4, -0.2) is 20.7 Å². The largest absolute Gasteiger partial charge is 0.319 e. The second kappa shape index (κ2) is 8.04. The molecule has 0 aliphatic rings. The molecule has 0 fully saturated rings. The molecule has 1 amide bonds. The van der Waals surface area contributed by atoms with Crippen molar-refractivity contribution < 1.29 is 13.6 Å². The number of hydrogen-bond donors (Lipinski definition) is 1. The Kier molecular flexibility index (Phi) is 5.29. The molecule has 0 saturated heterocycles. The van der Waals surface area contributed by atoms with Crippen molar-refractivity contribution in [3.8, 4) is 17.1 Å². The maximum absolute atomic E-state index is 13.4. The molecule has 0 bridgehead atoms. The summed E-state index contributed by atoms with van der Waals surface area (Å²) < 4.78 is 28.1. The van der Waals surface area contributed by atoms with Gasteiger partial charge >= 0.3 is 0 Å². The molecule has 0 spiro atoms. The number of carbonyl (C=O) groups excluding carboxylic acids is 1. The first kappa shape index (κ1) is 19.7. The first-order chi connectivity index (χ1) is 14.4. The highest BCUT2D eigenvalue weighted by atomic mass is 35.5. The Morgan fingerprint density at radius 2 is 1.60 bits per heavy atom. The molecule has 0 saturated carbocycles. The fourth-order valence-electron chi connectivity index (χ4n) is 2.88. The first-order valence-corrected chi connectivity index (χ1v) is 9.35. The Labute approximate surface area is 176 Å². The Bertz CT molecular complexity index is 1160. The molecule has 0 unspecified atom stereocenters. The van der Waals surface area contributed by atoms with E-state index in [0.29, 0.717) is 33.3 Å². The molecular weight excluding hydrogens is 410 g/mol. The lowest BCUT2D eigenvalue weighted by atomic mass is 10.2. The van der Waals surface area contributed by atoms with Crippen molar-refractivity contribution in [1.29, 1.82) is 0 Å². The lowest BCUT2D eigenvalue weighted by Crippen LogP contribution is -2.15. The minimum Gasteiger partial charge on any atom is -0.319 e. The normalized spacial score (nSPS) is 10.8. The zero-order valence-corrected chi connectivity index (χ0v) is 16.5. The highest BCUT2D eigenvalue weighted by molar-refractivity contribution is 6.31. The highest BCUT2D eigenvalue weighted by Gasteiger charge is 2.20. The van der Waals surface area contributed by atoms with Crippen molar-refractivity contribution in [3.63, 3.8) is 0 Å². The van der Waals surface area contributed by atoms with Crippen LogP contribution in [0.25, 0.3) is 17.1 Å². The minimum atomic E-state index is -0.537. The van der Waals surface area contributed by atoms with Crippen LogP contribution >= 0.6 is 11.6 Å². The Morgan fingerprint density at radius 1 is 0.967 bits per heavy atom. The van der Waals surface area contributed by atoms with Crippen molar-refractivity contribution in [3.05, 3.63) is 94.8 Å². The van der Waals surface area contributed by atoms with Crippen molar-refractivity contribution in [2.24, 2.45) is 0 Å². The smallest absolute Gasteiger partial charge is 0.295 e. The topological polar surface area (TPSA) is 59.8 Å². The molecule has 30 heavy (non-hydrogen) atoms. The number of nitrogens with one attached hydrogen (secondary N) is 1. The van der Waals surface area contributed by atoms with Gasteiger partial charge in [-0.3, -0.25) is 4.79 Å². The SMILES string of the molecule is Cc1c(Cl)cccc1NC(=O)c1nc(-c2ccc(F)cc2)n(-c2ccc(F)cc2)n1. The summed E-state index contributed by atoms with van der Waals surface area (Å²) in [6.45, 7) is 1.78. The summed E-state index contributed by atoms with van der Waals surface area (Å²) in [5.74, 6) is -1.13. The maximum atomic E-state index is 13.4. The molecule has 1 N–H and O–H groups in total. The van der Waals surface area contributed by atoms with E-state index >= 15 is 0 Å². The predicted molar refractivity (Wildman–Crippen MR) is 111 cm³/mol. The van der Waals surface area contributed by atoms with Crippen molar-refractivity contribution >= 4 is 23.2 Å². The standard InChI is InChI=1S/C22H15ClF2N4O/c1-13-18(23)3-2-4-19(13)26-22(30)20-27-21(14-5-7-15(24)8-6-14)29(28-20)17-11-9-16(25)10-12-17/h2-12H,1H3,(H,26,30). The van der Waals surface area contributed by atoms with Gasteiger partial charge in [0.15, 0.2) is 5.82 Å². The second-order valence-electron chi connectivity index (χ2n) is 6.52. The van der Waals surface area contributed by atoms with Gasteiger partial charge in [0.1, 0.15) is 11.6 Å². The zero-order valence-electron chi connectivity index (χ0n) is 15.7. The van der Waals surface area contributed by atoms with Gasteiger partial charge in [-0.2, -0.15) is 0 Å². The van der Waals surface area contributed by atoms with E-state index in [1.54, 1.807) is 25.1 Å². The molecule has 4 aromatic rings. The number of hydrogen-bond acceptors (Lipinski definition) is 3. The number of anilines is 1. The van der Waals surface area contributed by atoms with E-state index in [9.17, 15) is 13.6 Å². The average molecular weight is 425 g/mol. The number of carbonyl (C=O) groups is 1. The van der Waals surface area contributed by atoms with Crippen LogP contribution in [0.5, 0.6) is 0 Å². The van der Waals surface area contributed by atoms with E-state index in [1.165, 1.54) is 53.2 Å². The molecule has 3 aromatic carbocycles. The van der Waals surface area contributed by atoms with Crippen LogP contribution < -0.4 is 5.32 Å². The quantitative estimate of drug-likeness (QED) is 0.475. The van der Waals surface area contributed by atoms with Gasteiger partial charge in [-0.1, -0.05) is 17.7 Å². The van der Waals surface area contributed by atoms with E-state index in [2.05, 4.69) is 15.4 Å². The van der Waals surface area contributed by atoms with Crippen LogP contribution in [0.15, 0.2) is 66.7 Å². The zero-order chi connectivity index (χ0) is 21.3. The van der Waals surface area contributed by atoms with Gasteiger partial charge < -0.3 is 5.32 Å². The van der Waals surface area contributed by atoms with E-state index in [4.69, 9.17) is 11.6 Å². The van der Waals surface area contributed by atoms with E-state index in [1.807, 2.05) is 0 Å². The van der Waals surface area contributed by atoms with E-state index in [-0.39, 0.29) is 5.82 Å². The van der Waals surface area contributed by atoms with Crippen molar-refractivity contribution in [2.45, 2.75) is 6.92 Å². The summed E-state index contributed by atoms with van der Waals surface area (Å²) in [7, 11) is 0. The van der Waals surface area contributed by atoms with Gasteiger partial charge in [-0.15, -0.1) is 5.10 Å². The van der Waals surface area contributed by atoms with Crippen LogP contribution in [-0.2, 0) is 0 Å². The Balaban J connectivity index is 1.76. The molecule has 0 radical (unpaired) electrons. The summed E-state index contributed by atoms with van der Waals surface area (Å²) >= 11 is 6.11. The van der Waals surface area contributed by atoms with Gasteiger partial charge in [-0.25, -0.2) is 18.4 Å². The number of nitrogens with zero attached hydrogens (tertiary/aromatic N) is 3. The fourth-order valence-corrected chi connectivity index (χ4v) is 3.05. The van der Waals surface area contributed by atoms with E-state index < -0.39 is 17.5 Å². The summed E-state index contributed by atoms with van der Waals surface area (Å²) in [5.41, 5.74) is 2.30. The molecule has 0 atom stereocenters. The number of halogens is 3. The van der Waals surface area contributed by atoms with Gasteiger partial charge in [0.25, 0.3) is 5.91 Å². The molecule has 0 aliphatic heterocycles.